The maximum atomic E-state index is 12.2. The van der Waals surface area contributed by atoms with Crippen LogP contribution in [0, 0.1) is 5.92 Å². The normalized spacial score (nSPS) is 21.4. The Hall–Kier alpha value is -1.14. The van der Waals surface area contributed by atoms with E-state index in [2.05, 4.69) is 5.32 Å². The average Bonchev–Trinajstić information content (AvgIpc) is 2.52. The van der Waals surface area contributed by atoms with E-state index in [9.17, 15) is 9.59 Å². The monoisotopic (exact) mass is 298 g/mol. The van der Waals surface area contributed by atoms with Gasteiger partial charge in [-0.3, -0.25) is 4.79 Å². The standard InChI is InChI=1S/C15H26N2O4/c18-14(2-1-12-3-7-16-8-4-12)17-9-5-13(6-10-17)21-11-15(19)20/h12-13,16H,1-11H2,(H,19,20). The molecule has 21 heavy (non-hydrogen) atoms. The molecular formula is C15H26N2O4. The first-order chi connectivity index (χ1) is 10.1. The summed E-state index contributed by atoms with van der Waals surface area (Å²) in [5.74, 6) is -0.00710. The van der Waals surface area contributed by atoms with E-state index in [1.807, 2.05) is 4.90 Å². The number of amides is 1. The van der Waals surface area contributed by atoms with Crippen molar-refractivity contribution in [3.8, 4) is 0 Å². The smallest absolute Gasteiger partial charge is 0.329 e. The van der Waals surface area contributed by atoms with E-state index in [0.717, 1.165) is 32.4 Å². The lowest BCUT2D eigenvalue weighted by Gasteiger charge is -2.32. The molecule has 0 bridgehead atoms. The van der Waals surface area contributed by atoms with Crippen LogP contribution in [0.3, 0.4) is 0 Å². The molecule has 2 N–H and O–H groups in total. The molecule has 0 spiro atoms. The van der Waals surface area contributed by atoms with Gasteiger partial charge in [-0.05, 0) is 51.1 Å². The third-order valence-electron chi connectivity index (χ3n) is 4.46. The molecule has 0 aromatic rings. The third kappa shape index (κ3) is 5.63. The Morgan fingerprint density at radius 1 is 1.14 bits per heavy atom. The number of nitrogens with zero attached hydrogens (tertiary/aromatic N) is 1. The molecule has 0 unspecified atom stereocenters. The Morgan fingerprint density at radius 3 is 2.43 bits per heavy atom. The molecule has 120 valence electrons. The molecule has 2 aliphatic heterocycles. The van der Waals surface area contributed by atoms with E-state index in [0.29, 0.717) is 25.4 Å². The minimum Gasteiger partial charge on any atom is -0.480 e. The lowest BCUT2D eigenvalue weighted by Crippen LogP contribution is -2.41. The van der Waals surface area contributed by atoms with E-state index in [1.54, 1.807) is 0 Å². The van der Waals surface area contributed by atoms with Crippen molar-refractivity contribution < 1.29 is 19.4 Å². The highest BCUT2D eigenvalue weighted by atomic mass is 16.5. The SMILES string of the molecule is O=C(O)COC1CCN(C(=O)CCC2CCNCC2)CC1. The second-order valence-corrected chi connectivity index (χ2v) is 6.02. The molecule has 2 heterocycles. The number of aliphatic carboxylic acids is 1. The molecule has 1 amide bonds. The van der Waals surface area contributed by atoms with Gasteiger partial charge in [-0.25, -0.2) is 4.79 Å². The molecule has 6 nitrogen and oxygen atoms in total. The van der Waals surface area contributed by atoms with Crippen LogP contribution in [0.4, 0.5) is 0 Å². The molecule has 2 aliphatic rings. The maximum absolute atomic E-state index is 12.2. The van der Waals surface area contributed by atoms with E-state index < -0.39 is 5.97 Å². The van der Waals surface area contributed by atoms with Crippen molar-refractivity contribution in [2.24, 2.45) is 5.92 Å². The molecule has 0 aliphatic carbocycles. The first kappa shape index (κ1) is 16.2. The quantitative estimate of drug-likeness (QED) is 0.760. The van der Waals surface area contributed by atoms with Crippen LogP contribution in [0.5, 0.6) is 0 Å². The summed E-state index contributed by atoms with van der Waals surface area (Å²) in [4.78, 5) is 24.5. The Morgan fingerprint density at radius 2 is 1.81 bits per heavy atom. The summed E-state index contributed by atoms with van der Waals surface area (Å²) >= 11 is 0. The molecule has 0 aromatic heterocycles. The topological polar surface area (TPSA) is 78.9 Å². The molecule has 2 rings (SSSR count). The number of ether oxygens (including phenoxy) is 1. The van der Waals surface area contributed by atoms with Crippen LogP contribution in [0.25, 0.3) is 0 Å². The van der Waals surface area contributed by atoms with Gasteiger partial charge in [-0.2, -0.15) is 0 Å². The number of nitrogens with one attached hydrogen (secondary N) is 1. The van der Waals surface area contributed by atoms with E-state index in [-0.39, 0.29) is 18.6 Å². The number of hydrogen-bond acceptors (Lipinski definition) is 4. The number of rotatable bonds is 6. The number of carboxylic acid groups (broad SMARTS) is 1. The fourth-order valence-electron chi connectivity index (χ4n) is 3.12. The Bertz CT molecular complexity index is 348. The van der Waals surface area contributed by atoms with Gasteiger partial charge >= 0.3 is 5.97 Å². The van der Waals surface area contributed by atoms with Crippen LogP contribution < -0.4 is 5.32 Å². The van der Waals surface area contributed by atoms with Crippen molar-refractivity contribution in [1.82, 2.24) is 10.2 Å². The maximum Gasteiger partial charge on any atom is 0.329 e. The zero-order valence-corrected chi connectivity index (χ0v) is 12.6. The molecule has 2 saturated heterocycles. The van der Waals surface area contributed by atoms with Gasteiger partial charge in [0, 0.05) is 19.5 Å². The zero-order valence-electron chi connectivity index (χ0n) is 12.6. The molecule has 0 aromatic carbocycles. The van der Waals surface area contributed by atoms with Crippen LogP contribution in [0.2, 0.25) is 0 Å². The van der Waals surface area contributed by atoms with Crippen LogP contribution >= 0.6 is 0 Å². The van der Waals surface area contributed by atoms with Crippen LogP contribution in [0.15, 0.2) is 0 Å². The predicted molar refractivity (Wildman–Crippen MR) is 78.0 cm³/mol. The largest absolute Gasteiger partial charge is 0.480 e. The van der Waals surface area contributed by atoms with E-state index >= 15 is 0 Å². The number of hydrogen-bond donors (Lipinski definition) is 2. The third-order valence-corrected chi connectivity index (χ3v) is 4.46. The highest BCUT2D eigenvalue weighted by molar-refractivity contribution is 5.76. The van der Waals surface area contributed by atoms with Gasteiger partial charge in [0.25, 0.3) is 0 Å². The highest BCUT2D eigenvalue weighted by Crippen LogP contribution is 2.20. The summed E-state index contributed by atoms with van der Waals surface area (Å²) in [5, 5.41) is 11.9. The van der Waals surface area contributed by atoms with Crippen molar-refractivity contribution in [2.75, 3.05) is 32.8 Å². The Kier molecular flexibility index (Phi) is 6.45. The van der Waals surface area contributed by atoms with Gasteiger partial charge in [-0.15, -0.1) is 0 Å². The fraction of sp³-hybridized carbons (Fsp3) is 0.867. The van der Waals surface area contributed by atoms with Gasteiger partial charge < -0.3 is 20.1 Å². The summed E-state index contributed by atoms with van der Waals surface area (Å²) in [7, 11) is 0. The van der Waals surface area contributed by atoms with Gasteiger partial charge in [-0.1, -0.05) is 0 Å². The lowest BCUT2D eigenvalue weighted by molar-refractivity contribution is -0.146. The summed E-state index contributed by atoms with van der Waals surface area (Å²) in [5.41, 5.74) is 0. The van der Waals surface area contributed by atoms with Gasteiger partial charge in [0.1, 0.15) is 6.61 Å². The number of carboxylic acids is 1. The highest BCUT2D eigenvalue weighted by Gasteiger charge is 2.24. The summed E-state index contributed by atoms with van der Waals surface area (Å²) in [6.07, 6.45) is 5.46. The summed E-state index contributed by atoms with van der Waals surface area (Å²) < 4.78 is 5.28. The second kappa shape index (κ2) is 8.34. The Balaban J connectivity index is 1.62. The summed E-state index contributed by atoms with van der Waals surface area (Å²) in [6, 6.07) is 0. The van der Waals surface area contributed by atoms with Crippen molar-refractivity contribution >= 4 is 11.9 Å². The number of piperidine rings is 2. The van der Waals surface area contributed by atoms with Crippen molar-refractivity contribution in [2.45, 2.75) is 44.6 Å². The van der Waals surface area contributed by atoms with Crippen molar-refractivity contribution in [3.63, 3.8) is 0 Å². The Labute approximate surface area is 125 Å². The van der Waals surface area contributed by atoms with Gasteiger partial charge in [0.05, 0.1) is 6.10 Å². The number of likely N-dealkylation sites (tertiary alicyclic amines) is 1. The zero-order chi connectivity index (χ0) is 15.1. The molecule has 6 heteroatoms. The van der Waals surface area contributed by atoms with Crippen LogP contribution in [-0.4, -0.2) is 60.8 Å². The molecule has 0 radical (unpaired) electrons. The van der Waals surface area contributed by atoms with E-state index in [1.165, 1.54) is 12.8 Å². The molecular weight excluding hydrogens is 272 g/mol. The molecule has 0 atom stereocenters. The van der Waals surface area contributed by atoms with Crippen molar-refractivity contribution in [3.05, 3.63) is 0 Å². The number of carbonyl (C=O) groups is 2. The lowest BCUT2D eigenvalue weighted by atomic mass is 9.93. The van der Waals surface area contributed by atoms with Crippen molar-refractivity contribution in [1.29, 1.82) is 0 Å². The minimum absolute atomic E-state index is 0.0189. The van der Waals surface area contributed by atoms with Crippen LogP contribution in [-0.2, 0) is 14.3 Å². The minimum atomic E-state index is -0.935. The first-order valence-corrected chi connectivity index (χ1v) is 7.97. The van der Waals surface area contributed by atoms with Gasteiger partial charge in [0.15, 0.2) is 0 Å². The molecule has 2 fully saturated rings. The second-order valence-electron chi connectivity index (χ2n) is 6.02. The fourth-order valence-corrected chi connectivity index (χ4v) is 3.12. The average molecular weight is 298 g/mol. The first-order valence-electron chi connectivity index (χ1n) is 7.97. The summed E-state index contributed by atoms with van der Waals surface area (Å²) in [6.45, 7) is 3.29. The van der Waals surface area contributed by atoms with Crippen LogP contribution in [0.1, 0.15) is 38.5 Å². The van der Waals surface area contributed by atoms with E-state index in [4.69, 9.17) is 9.84 Å². The molecule has 0 saturated carbocycles. The van der Waals surface area contributed by atoms with Gasteiger partial charge in [0.2, 0.25) is 5.91 Å². The predicted octanol–water partition coefficient (Wildman–Crippen LogP) is 0.858. The number of carbonyl (C=O) groups excluding carboxylic acids is 1.